The third-order valence-corrected chi connectivity index (χ3v) is 2.85. The highest BCUT2D eigenvalue weighted by molar-refractivity contribution is 5.85. The second-order valence-electron chi connectivity index (χ2n) is 4.16. The molecule has 1 aliphatic heterocycles. The minimum absolute atomic E-state index is 0. The smallest absolute Gasteiger partial charge is 0.387 e. The van der Waals surface area contributed by atoms with Gasteiger partial charge < -0.3 is 10.1 Å². The van der Waals surface area contributed by atoms with Crippen LogP contribution in [0.3, 0.4) is 0 Å². The van der Waals surface area contributed by atoms with Gasteiger partial charge >= 0.3 is 6.61 Å². The van der Waals surface area contributed by atoms with Crippen molar-refractivity contribution in [1.82, 2.24) is 10.2 Å². The molecule has 19 heavy (non-hydrogen) atoms. The van der Waals surface area contributed by atoms with Crippen LogP contribution in [-0.2, 0) is 6.54 Å². The van der Waals surface area contributed by atoms with Crippen LogP contribution in [0.2, 0.25) is 0 Å². The molecule has 0 atom stereocenters. The van der Waals surface area contributed by atoms with Crippen molar-refractivity contribution >= 4 is 12.4 Å². The van der Waals surface area contributed by atoms with Gasteiger partial charge in [0.15, 0.2) is 0 Å². The van der Waals surface area contributed by atoms with E-state index in [9.17, 15) is 13.2 Å². The van der Waals surface area contributed by atoms with Gasteiger partial charge in [0.05, 0.1) is 0 Å². The fourth-order valence-electron chi connectivity index (χ4n) is 1.94. The van der Waals surface area contributed by atoms with Crippen LogP contribution in [0.15, 0.2) is 18.2 Å². The van der Waals surface area contributed by atoms with E-state index in [0.717, 1.165) is 32.2 Å². The Bertz CT molecular complexity index is 401. The number of halogens is 4. The summed E-state index contributed by atoms with van der Waals surface area (Å²) >= 11 is 0. The van der Waals surface area contributed by atoms with E-state index in [1.807, 2.05) is 0 Å². The van der Waals surface area contributed by atoms with Crippen LogP contribution in [0.25, 0.3) is 0 Å². The van der Waals surface area contributed by atoms with E-state index in [1.54, 1.807) is 0 Å². The average Bonchev–Trinajstić information content (AvgIpc) is 2.33. The van der Waals surface area contributed by atoms with E-state index in [0.29, 0.717) is 12.1 Å². The lowest BCUT2D eigenvalue weighted by Crippen LogP contribution is -2.43. The van der Waals surface area contributed by atoms with Gasteiger partial charge in [-0.25, -0.2) is 4.39 Å². The van der Waals surface area contributed by atoms with Gasteiger partial charge in [-0.05, 0) is 6.07 Å². The second-order valence-corrected chi connectivity index (χ2v) is 4.16. The molecule has 0 unspecified atom stereocenters. The molecular weight excluding hydrogens is 281 g/mol. The Hall–Kier alpha value is -0.980. The molecule has 0 saturated carbocycles. The SMILES string of the molecule is Cl.Fc1cc(OC(F)F)ccc1CN1CCNCC1. The quantitative estimate of drug-likeness (QED) is 0.922. The van der Waals surface area contributed by atoms with E-state index in [1.165, 1.54) is 12.1 Å². The van der Waals surface area contributed by atoms with Crippen molar-refractivity contribution in [2.24, 2.45) is 0 Å². The van der Waals surface area contributed by atoms with Crippen molar-refractivity contribution in [3.05, 3.63) is 29.6 Å². The summed E-state index contributed by atoms with van der Waals surface area (Å²) in [5.74, 6) is -0.654. The van der Waals surface area contributed by atoms with Gasteiger partial charge in [0.25, 0.3) is 0 Å². The van der Waals surface area contributed by atoms with E-state index in [-0.39, 0.29) is 18.2 Å². The summed E-state index contributed by atoms with van der Waals surface area (Å²) in [5.41, 5.74) is 0.499. The van der Waals surface area contributed by atoms with Gasteiger partial charge in [0.1, 0.15) is 11.6 Å². The van der Waals surface area contributed by atoms with Crippen LogP contribution < -0.4 is 10.1 Å². The predicted molar refractivity (Wildman–Crippen MR) is 68.4 cm³/mol. The molecule has 0 amide bonds. The molecule has 1 saturated heterocycles. The first-order chi connectivity index (χ1) is 8.65. The highest BCUT2D eigenvalue weighted by Gasteiger charge is 2.13. The van der Waals surface area contributed by atoms with Crippen molar-refractivity contribution < 1.29 is 17.9 Å². The standard InChI is InChI=1S/C12H15F3N2O.ClH/c13-11-7-10(18-12(14)15)2-1-9(11)8-17-5-3-16-4-6-17;/h1-2,7,12,16H,3-6,8H2;1H. The van der Waals surface area contributed by atoms with E-state index in [4.69, 9.17) is 0 Å². The molecule has 1 aromatic rings. The number of nitrogens with zero attached hydrogens (tertiary/aromatic N) is 1. The minimum atomic E-state index is -2.93. The van der Waals surface area contributed by atoms with Crippen molar-refractivity contribution in [3.8, 4) is 5.75 Å². The van der Waals surface area contributed by atoms with E-state index >= 15 is 0 Å². The summed E-state index contributed by atoms with van der Waals surface area (Å²) in [5, 5.41) is 3.21. The first kappa shape index (κ1) is 16.1. The Morgan fingerprint density at radius 3 is 2.53 bits per heavy atom. The molecular formula is C12H16ClF3N2O. The summed E-state index contributed by atoms with van der Waals surface area (Å²) in [4.78, 5) is 2.11. The normalized spacial score (nSPS) is 16.2. The van der Waals surface area contributed by atoms with Gasteiger partial charge in [0, 0.05) is 44.4 Å². The molecule has 1 fully saturated rings. The fraction of sp³-hybridized carbons (Fsp3) is 0.500. The molecule has 1 heterocycles. The summed E-state index contributed by atoms with van der Waals surface area (Å²) in [6, 6.07) is 3.87. The Labute approximate surface area is 116 Å². The Morgan fingerprint density at radius 2 is 1.95 bits per heavy atom. The maximum atomic E-state index is 13.7. The molecule has 108 valence electrons. The summed E-state index contributed by atoms with van der Waals surface area (Å²) < 4.78 is 41.8. The monoisotopic (exact) mass is 296 g/mol. The van der Waals surface area contributed by atoms with Crippen molar-refractivity contribution in [2.45, 2.75) is 13.2 Å². The summed E-state index contributed by atoms with van der Waals surface area (Å²) in [7, 11) is 0. The third-order valence-electron chi connectivity index (χ3n) is 2.85. The largest absolute Gasteiger partial charge is 0.435 e. The first-order valence-electron chi connectivity index (χ1n) is 5.81. The maximum absolute atomic E-state index is 13.7. The lowest BCUT2D eigenvalue weighted by molar-refractivity contribution is -0.0500. The van der Waals surface area contributed by atoms with Gasteiger partial charge in [-0.2, -0.15) is 8.78 Å². The summed E-state index contributed by atoms with van der Waals surface area (Å²) in [6.45, 7) is 1.04. The van der Waals surface area contributed by atoms with Gasteiger partial charge in [0.2, 0.25) is 0 Å². The highest BCUT2D eigenvalue weighted by Crippen LogP contribution is 2.19. The fourth-order valence-corrected chi connectivity index (χ4v) is 1.94. The van der Waals surface area contributed by atoms with Crippen LogP contribution in [0, 0.1) is 5.82 Å². The number of nitrogens with one attached hydrogen (secondary N) is 1. The molecule has 0 radical (unpaired) electrons. The number of benzene rings is 1. The Kier molecular flexibility index (Phi) is 6.41. The lowest BCUT2D eigenvalue weighted by atomic mass is 10.2. The number of alkyl halides is 2. The Morgan fingerprint density at radius 1 is 1.26 bits per heavy atom. The molecule has 1 aliphatic rings. The first-order valence-corrected chi connectivity index (χ1v) is 5.81. The molecule has 0 aliphatic carbocycles. The van der Waals surface area contributed by atoms with Crippen molar-refractivity contribution in [1.29, 1.82) is 0 Å². The zero-order valence-corrected chi connectivity index (χ0v) is 11.1. The lowest BCUT2D eigenvalue weighted by Gasteiger charge is -2.27. The van der Waals surface area contributed by atoms with Gasteiger partial charge in [-0.15, -0.1) is 12.4 Å². The molecule has 0 spiro atoms. The zero-order chi connectivity index (χ0) is 13.0. The predicted octanol–water partition coefficient (Wildman–Crippen LogP) is 2.25. The number of rotatable bonds is 4. The van der Waals surface area contributed by atoms with Crippen molar-refractivity contribution in [3.63, 3.8) is 0 Å². The molecule has 7 heteroatoms. The molecule has 0 bridgehead atoms. The maximum Gasteiger partial charge on any atom is 0.387 e. The average molecular weight is 297 g/mol. The van der Waals surface area contributed by atoms with Crippen LogP contribution in [0.1, 0.15) is 5.56 Å². The number of piperazine rings is 1. The second kappa shape index (κ2) is 7.57. The topological polar surface area (TPSA) is 24.5 Å². The summed E-state index contributed by atoms with van der Waals surface area (Å²) in [6.07, 6.45) is 0. The highest BCUT2D eigenvalue weighted by atomic mass is 35.5. The van der Waals surface area contributed by atoms with Crippen LogP contribution in [0.4, 0.5) is 13.2 Å². The van der Waals surface area contributed by atoms with Crippen LogP contribution in [-0.4, -0.2) is 37.7 Å². The minimum Gasteiger partial charge on any atom is -0.435 e. The number of hydrogen-bond donors (Lipinski definition) is 1. The third kappa shape index (κ3) is 4.89. The molecule has 0 aromatic heterocycles. The molecule has 1 aromatic carbocycles. The van der Waals surface area contributed by atoms with Gasteiger partial charge in [-0.1, -0.05) is 6.07 Å². The van der Waals surface area contributed by atoms with Gasteiger partial charge in [-0.3, -0.25) is 4.90 Å². The number of ether oxygens (including phenoxy) is 1. The number of hydrogen-bond acceptors (Lipinski definition) is 3. The van der Waals surface area contributed by atoms with Crippen molar-refractivity contribution in [2.75, 3.05) is 26.2 Å². The van der Waals surface area contributed by atoms with E-state index < -0.39 is 12.4 Å². The van der Waals surface area contributed by atoms with E-state index in [2.05, 4.69) is 15.0 Å². The molecule has 2 rings (SSSR count). The molecule has 1 N–H and O–H groups in total. The van der Waals surface area contributed by atoms with Crippen LogP contribution in [0.5, 0.6) is 5.75 Å². The van der Waals surface area contributed by atoms with Crippen LogP contribution >= 0.6 is 12.4 Å². The zero-order valence-electron chi connectivity index (χ0n) is 10.2. The molecule has 3 nitrogen and oxygen atoms in total. The Balaban J connectivity index is 0.00000180.